The second kappa shape index (κ2) is 9.92. The van der Waals surface area contributed by atoms with Crippen molar-refractivity contribution in [2.24, 2.45) is 4.99 Å². The molecular weight excluding hydrogens is 461 g/mol. The van der Waals surface area contributed by atoms with Gasteiger partial charge in [0.05, 0.1) is 10.5 Å². The third-order valence-electron chi connectivity index (χ3n) is 4.87. The van der Waals surface area contributed by atoms with Crippen LogP contribution in [0.4, 0.5) is 0 Å². The number of benzene rings is 1. The van der Waals surface area contributed by atoms with Crippen LogP contribution in [0.25, 0.3) is 0 Å². The van der Waals surface area contributed by atoms with Crippen molar-refractivity contribution in [3.8, 4) is 0 Å². The van der Waals surface area contributed by atoms with Gasteiger partial charge in [-0.2, -0.15) is 0 Å². The van der Waals surface area contributed by atoms with Crippen LogP contribution in [-0.2, 0) is 9.84 Å². The van der Waals surface area contributed by atoms with Crippen LogP contribution in [0.5, 0.6) is 0 Å². The molecule has 148 valence electrons. The van der Waals surface area contributed by atoms with Crippen molar-refractivity contribution in [1.82, 2.24) is 10.2 Å². The number of hydrogen-bond acceptors (Lipinski definition) is 3. The summed E-state index contributed by atoms with van der Waals surface area (Å²) in [5.74, 6) is 1.46. The van der Waals surface area contributed by atoms with Crippen molar-refractivity contribution < 1.29 is 8.42 Å². The van der Waals surface area contributed by atoms with E-state index in [1.807, 2.05) is 13.0 Å². The van der Waals surface area contributed by atoms with E-state index in [-0.39, 0.29) is 29.7 Å². The lowest BCUT2D eigenvalue weighted by Gasteiger charge is -2.39. The van der Waals surface area contributed by atoms with Crippen molar-refractivity contribution in [3.05, 3.63) is 35.9 Å². The Labute approximate surface area is 175 Å². The van der Waals surface area contributed by atoms with Crippen molar-refractivity contribution in [3.63, 3.8) is 0 Å². The van der Waals surface area contributed by atoms with Crippen molar-refractivity contribution in [1.29, 1.82) is 0 Å². The molecule has 1 heterocycles. The predicted octanol–water partition coefficient (Wildman–Crippen LogP) is 3.27. The van der Waals surface area contributed by atoms with Crippen molar-refractivity contribution in [2.75, 3.05) is 31.9 Å². The molecule has 7 heteroatoms. The molecule has 1 atom stereocenters. The molecule has 0 radical (unpaired) electrons. The lowest BCUT2D eigenvalue weighted by atomic mass is 9.98. The van der Waals surface area contributed by atoms with E-state index in [0.29, 0.717) is 19.0 Å². The van der Waals surface area contributed by atoms with Crippen LogP contribution < -0.4 is 5.32 Å². The number of hydrogen-bond donors (Lipinski definition) is 1. The van der Waals surface area contributed by atoms with E-state index in [2.05, 4.69) is 41.4 Å². The van der Waals surface area contributed by atoms with Crippen LogP contribution in [0.2, 0.25) is 0 Å². The Hall–Kier alpha value is -0.830. The Bertz CT molecular complexity index is 690. The zero-order valence-electron chi connectivity index (χ0n) is 16.2. The Morgan fingerprint density at radius 3 is 2.54 bits per heavy atom. The van der Waals surface area contributed by atoms with Gasteiger partial charge in [0.15, 0.2) is 15.8 Å². The third kappa shape index (κ3) is 5.84. The van der Waals surface area contributed by atoms with E-state index < -0.39 is 14.6 Å². The molecule has 1 aliphatic heterocycles. The summed E-state index contributed by atoms with van der Waals surface area (Å²) >= 11 is 0. The van der Waals surface area contributed by atoms with Gasteiger partial charge >= 0.3 is 0 Å². The SMILES string of the molecule is CCNC(=NCCC(C)c1ccccc1)N1CCS(=O)(=O)C(C)(C)C1.I. The first-order chi connectivity index (χ1) is 11.8. The highest BCUT2D eigenvalue weighted by atomic mass is 127. The van der Waals surface area contributed by atoms with Crippen molar-refractivity contribution in [2.45, 2.75) is 44.8 Å². The first-order valence-electron chi connectivity index (χ1n) is 9.07. The average molecular weight is 493 g/mol. The second-order valence-electron chi connectivity index (χ2n) is 7.34. The summed E-state index contributed by atoms with van der Waals surface area (Å²) in [5, 5.41) is 3.31. The molecular formula is C19H32IN3O2S. The molecule has 2 rings (SSSR count). The van der Waals surface area contributed by atoms with E-state index in [4.69, 9.17) is 4.99 Å². The minimum atomic E-state index is -3.04. The molecule has 5 nitrogen and oxygen atoms in total. The standard InChI is InChI=1S/C19H31N3O2S.HI/c1-5-20-18(22-13-14-25(23,24)19(3,4)15-22)21-12-11-16(2)17-9-7-6-8-10-17;/h6-10,16H,5,11-15H2,1-4H3,(H,20,21);1H. The molecule has 0 aromatic heterocycles. The van der Waals surface area contributed by atoms with Crippen molar-refractivity contribution >= 4 is 39.8 Å². The topological polar surface area (TPSA) is 61.8 Å². The fraction of sp³-hybridized carbons (Fsp3) is 0.632. The predicted molar refractivity (Wildman–Crippen MR) is 120 cm³/mol. The molecule has 1 aromatic carbocycles. The molecule has 0 spiro atoms. The minimum absolute atomic E-state index is 0. The van der Waals surface area contributed by atoms with Crippen LogP contribution in [0.3, 0.4) is 0 Å². The van der Waals surface area contributed by atoms with Gasteiger partial charge < -0.3 is 10.2 Å². The number of halogens is 1. The van der Waals surface area contributed by atoms with E-state index >= 15 is 0 Å². The van der Waals surface area contributed by atoms with Gasteiger partial charge in [0.2, 0.25) is 0 Å². The van der Waals surface area contributed by atoms with Gasteiger partial charge in [0.25, 0.3) is 0 Å². The summed E-state index contributed by atoms with van der Waals surface area (Å²) in [6.07, 6.45) is 0.967. The van der Waals surface area contributed by atoms with Gasteiger partial charge in [0.1, 0.15) is 0 Å². The summed E-state index contributed by atoms with van der Waals surface area (Å²) in [5.41, 5.74) is 1.33. The summed E-state index contributed by atoms with van der Waals surface area (Å²) in [6.45, 7) is 10.3. The lowest BCUT2D eigenvalue weighted by Crippen LogP contribution is -2.57. The normalized spacial score (nSPS) is 20.2. The number of rotatable bonds is 5. The second-order valence-corrected chi connectivity index (χ2v) is 10.1. The maximum absolute atomic E-state index is 12.2. The summed E-state index contributed by atoms with van der Waals surface area (Å²) < 4.78 is 23.7. The zero-order chi connectivity index (χ0) is 18.5. The van der Waals surface area contributed by atoms with Crippen LogP contribution in [0.15, 0.2) is 35.3 Å². The van der Waals surface area contributed by atoms with Crippen LogP contribution >= 0.6 is 24.0 Å². The van der Waals surface area contributed by atoms with Crippen LogP contribution in [0, 0.1) is 0 Å². The first-order valence-corrected chi connectivity index (χ1v) is 10.7. The highest BCUT2D eigenvalue weighted by molar-refractivity contribution is 14.0. The first kappa shape index (κ1) is 23.2. The Morgan fingerprint density at radius 1 is 1.31 bits per heavy atom. The molecule has 1 unspecified atom stereocenters. The highest BCUT2D eigenvalue weighted by Crippen LogP contribution is 2.24. The molecule has 1 saturated heterocycles. The van der Waals surface area contributed by atoms with Crippen LogP contribution in [-0.4, -0.2) is 56.0 Å². The zero-order valence-corrected chi connectivity index (χ0v) is 19.4. The molecule has 1 N–H and O–H groups in total. The number of nitrogens with one attached hydrogen (secondary N) is 1. The van der Waals surface area contributed by atoms with Gasteiger partial charge in [0, 0.05) is 26.2 Å². The van der Waals surface area contributed by atoms with Gasteiger partial charge in [-0.05, 0) is 38.7 Å². The summed E-state index contributed by atoms with van der Waals surface area (Å²) in [4.78, 5) is 6.83. The quantitative estimate of drug-likeness (QED) is 0.389. The number of sulfone groups is 1. The monoisotopic (exact) mass is 493 g/mol. The maximum atomic E-state index is 12.2. The Balaban J connectivity index is 0.00000338. The molecule has 0 aliphatic carbocycles. The molecule has 0 amide bonds. The summed E-state index contributed by atoms with van der Waals surface area (Å²) in [6, 6.07) is 10.5. The smallest absolute Gasteiger partial charge is 0.193 e. The maximum Gasteiger partial charge on any atom is 0.193 e. The average Bonchev–Trinajstić information content (AvgIpc) is 2.57. The van der Waals surface area contributed by atoms with Gasteiger partial charge in [-0.25, -0.2) is 8.42 Å². The van der Waals surface area contributed by atoms with E-state index in [9.17, 15) is 8.42 Å². The molecule has 1 fully saturated rings. The third-order valence-corrected chi connectivity index (χ3v) is 7.40. The fourth-order valence-corrected chi connectivity index (χ4v) is 4.43. The van der Waals surface area contributed by atoms with Gasteiger partial charge in [-0.3, -0.25) is 4.99 Å². The minimum Gasteiger partial charge on any atom is -0.357 e. The van der Waals surface area contributed by atoms with E-state index in [1.165, 1.54) is 5.56 Å². The highest BCUT2D eigenvalue weighted by Gasteiger charge is 2.40. The lowest BCUT2D eigenvalue weighted by molar-refractivity contribution is 0.353. The number of aliphatic imine (C=N–C) groups is 1. The molecule has 26 heavy (non-hydrogen) atoms. The Kier molecular flexibility index (Phi) is 8.85. The number of guanidine groups is 1. The van der Waals surface area contributed by atoms with Gasteiger partial charge in [-0.1, -0.05) is 37.3 Å². The molecule has 1 aromatic rings. The molecule has 0 bridgehead atoms. The van der Waals surface area contributed by atoms with E-state index in [1.54, 1.807) is 13.8 Å². The van der Waals surface area contributed by atoms with E-state index in [0.717, 1.165) is 25.5 Å². The van der Waals surface area contributed by atoms with Crippen LogP contribution in [0.1, 0.15) is 45.6 Å². The molecule has 1 aliphatic rings. The number of nitrogens with zero attached hydrogens (tertiary/aromatic N) is 2. The summed E-state index contributed by atoms with van der Waals surface area (Å²) in [7, 11) is -3.04. The fourth-order valence-electron chi connectivity index (χ4n) is 3.06. The Morgan fingerprint density at radius 2 is 1.96 bits per heavy atom. The largest absolute Gasteiger partial charge is 0.357 e. The van der Waals surface area contributed by atoms with Gasteiger partial charge in [-0.15, -0.1) is 24.0 Å². The molecule has 0 saturated carbocycles.